The summed E-state index contributed by atoms with van der Waals surface area (Å²) >= 11 is 0. The Balaban J connectivity index is 2.16. The van der Waals surface area contributed by atoms with E-state index >= 15 is 0 Å². The summed E-state index contributed by atoms with van der Waals surface area (Å²) in [6.45, 7) is 5.86. The van der Waals surface area contributed by atoms with Crippen LogP contribution < -0.4 is 10.9 Å². The van der Waals surface area contributed by atoms with Crippen LogP contribution in [-0.2, 0) is 5.41 Å². The molecule has 1 aromatic rings. The smallest absolute Gasteiger partial charge is 0.274 e. The zero-order chi connectivity index (χ0) is 12.5. The zero-order valence-electron chi connectivity index (χ0n) is 10.7. The van der Waals surface area contributed by atoms with Crippen molar-refractivity contribution in [2.75, 3.05) is 5.32 Å². The molecule has 0 aromatic carbocycles. The van der Waals surface area contributed by atoms with Crippen LogP contribution in [0.5, 0.6) is 0 Å². The number of aromatic nitrogens is 3. The van der Waals surface area contributed by atoms with Gasteiger partial charge >= 0.3 is 0 Å². The van der Waals surface area contributed by atoms with E-state index in [0.29, 0.717) is 17.7 Å². The maximum atomic E-state index is 11.9. The molecule has 0 amide bonds. The highest BCUT2D eigenvalue weighted by atomic mass is 16.1. The molecule has 5 heteroatoms. The molecule has 5 nitrogen and oxygen atoms in total. The summed E-state index contributed by atoms with van der Waals surface area (Å²) in [7, 11) is 0. The lowest BCUT2D eigenvalue weighted by Crippen LogP contribution is -2.29. The second kappa shape index (κ2) is 4.47. The first kappa shape index (κ1) is 12.1. The van der Waals surface area contributed by atoms with Crippen LogP contribution in [0.1, 0.15) is 52.1 Å². The van der Waals surface area contributed by atoms with E-state index in [1.807, 2.05) is 20.8 Å². The molecule has 0 bridgehead atoms. The summed E-state index contributed by atoms with van der Waals surface area (Å²) in [5.74, 6) is 0.495. The van der Waals surface area contributed by atoms with E-state index in [4.69, 9.17) is 0 Å². The number of nitrogens with one attached hydrogen (secondary N) is 2. The fourth-order valence-corrected chi connectivity index (χ4v) is 2.16. The monoisotopic (exact) mass is 236 g/mol. The Morgan fingerprint density at radius 2 is 1.88 bits per heavy atom. The second-order valence-corrected chi connectivity index (χ2v) is 5.73. The molecule has 2 N–H and O–H groups in total. The van der Waals surface area contributed by atoms with Crippen LogP contribution in [-0.4, -0.2) is 21.2 Å². The molecule has 0 atom stereocenters. The van der Waals surface area contributed by atoms with Crippen LogP contribution in [0.3, 0.4) is 0 Å². The van der Waals surface area contributed by atoms with Crippen molar-refractivity contribution in [1.29, 1.82) is 0 Å². The summed E-state index contributed by atoms with van der Waals surface area (Å²) in [6.07, 6.45) is 4.78. The minimum atomic E-state index is -0.271. The van der Waals surface area contributed by atoms with Gasteiger partial charge in [-0.2, -0.15) is 0 Å². The highest BCUT2D eigenvalue weighted by molar-refractivity contribution is 5.25. The third kappa shape index (κ3) is 2.84. The molecule has 1 aromatic heterocycles. The van der Waals surface area contributed by atoms with Gasteiger partial charge in [0.05, 0.1) is 0 Å². The molecular weight excluding hydrogens is 216 g/mol. The molecule has 2 rings (SSSR count). The Bertz CT molecular complexity index is 441. The second-order valence-electron chi connectivity index (χ2n) is 5.73. The molecule has 1 aliphatic carbocycles. The van der Waals surface area contributed by atoms with Gasteiger partial charge in [-0.1, -0.05) is 33.6 Å². The molecule has 0 radical (unpaired) electrons. The van der Waals surface area contributed by atoms with Crippen molar-refractivity contribution in [3.63, 3.8) is 0 Å². The molecular formula is C12H20N4O. The van der Waals surface area contributed by atoms with Crippen LogP contribution in [0.15, 0.2) is 4.79 Å². The van der Waals surface area contributed by atoms with Gasteiger partial charge in [-0.15, -0.1) is 10.2 Å². The summed E-state index contributed by atoms with van der Waals surface area (Å²) in [4.78, 5) is 14.6. The fourth-order valence-electron chi connectivity index (χ4n) is 2.16. The van der Waals surface area contributed by atoms with Gasteiger partial charge in [-0.3, -0.25) is 9.78 Å². The third-order valence-electron chi connectivity index (χ3n) is 3.10. The minimum Gasteiger partial charge on any atom is -0.352 e. The number of rotatable bonds is 2. The van der Waals surface area contributed by atoms with E-state index in [0.717, 1.165) is 12.8 Å². The van der Waals surface area contributed by atoms with Crippen LogP contribution in [0.4, 0.5) is 5.95 Å². The Hall–Kier alpha value is -1.39. The fraction of sp³-hybridized carbons (Fsp3) is 0.750. The Labute approximate surface area is 101 Å². The van der Waals surface area contributed by atoms with E-state index in [1.54, 1.807) is 0 Å². The number of H-pyrrole nitrogens is 1. The third-order valence-corrected chi connectivity index (χ3v) is 3.10. The van der Waals surface area contributed by atoms with E-state index in [-0.39, 0.29) is 11.0 Å². The molecule has 1 saturated carbocycles. The molecule has 0 unspecified atom stereocenters. The van der Waals surface area contributed by atoms with Gasteiger partial charge < -0.3 is 5.32 Å². The van der Waals surface area contributed by atoms with Crippen molar-refractivity contribution < 1.29 is 0 Å². The van der Waals surface area contributed by atoms with Crippen molar-refractivity contribution in [2.45, 2.75) is 57.9 Å². The predicted molar refractivity (Wildman–Crippen MR) is 67.2 cm³/mol. The van der Waals surface area contributed by atoms with Crippen LogP contribution in [0, 0.1) is 0 Å². The minimum absolute atomic E-state index is 0.145. The van der Waals surface area contributed by atoms with E-state index in [2.05, 4.69) is 20.5 Å². The van der Waals surface area contributed by atoms with Crippen molar-refractivity contribution in [3.05, 3.63) is 16.0 Å². The van der Waals surface area contributed by atoms with Gasteiger partial charge in [0.25, 0.3) is 5.56 Å². The normalized spacial score (nSPS) is 17.4. The quantitative estimate of drug-likeness (QED) is 0.821. The average Bonchev–Trinajstić information content (AvgIpc) is 2.68. The molecule has 0 saturated heterocycles. The number of hydrogen-bond acceptors (Lipinski definition) is 4. The first-order chi connectivity index (χ1) is 7.97. The van der Waals surface area contributed by atoms with Gasteiger partial charge in [0.15, 0.2) is 0 Å². The van der Waals surface area contributed by atoms with Gasteiger partial charge in [0.1, 0.15) is 5.69 Å². The van der Waals surface area contributed by atoms with Crippen molar-refractivity contribution in [1.82, 2.24) is 15.2 Å². The highest BCUT2D eigenvalue weighted by Crippen LogP contribution is 2.20. The van der Waals surface area contributed by atoms with Crippen molar-refractivity contribution >= 4 is 5.95 Å². The van der Waals surface area contributed by atoms with E-state index in [1.165, 1.54) is 12.8 Å². The molecule has 1 fully saturated rings. The van der Waals surface area contributed by atoms with E-state index < -0.39 is 0 Å². The van der Waals surface area contributed by atoms with Crippen LogP contribution in [0.2, 0.25) is 0 Å². The first-order valence-electron chi connectivity index (χ1n) is 6.21. The largest absolute Gasteiger partial charge is 0.352 e. The van der Waals surface area contributed by atoms with E-state index in [9.17, 15) is 4.79 Å². The highest BCUT2D eigenvalue weighted by Gasteiger charge is 2.21. The maximum Gasteiger partial charge on any atom is 0.274 e. The molecule has 0 aliphatic heterocycles. The van der Waals surface area contributed by atoms with Crippen LogP contribution >= 0.6 is 0 Å². The first-order valence-corrected chi connectivity index (χ1v) is 6.21. The number of hydrogen-bond donors (Lipinski definition) is 2. The summed E-state index contributed by atoms with van der Waals surface area (Å²) < 4.78 is 0. The van der Waals surface area contributed by atoms with Crippen LogP contribution in [0.25, 0.3) is 0 Å². The number of anilines is 1. The summed E-state index contributed by atoms with van der Waals surface area (Å²) in [6, 6.07) is 0.431. The number of aromatic amines is 1. The average molecular weight is 236 g/mol. The Morgan fingerprint density at radius 1 is 1.24 bits per heavy atom. The Kier molecular flexibility index (Phi) is 3.17. The molecule has 0 spiro atoms. The SMILES string of the molecule is CC(C)(C)c1nnc(NC2CCCC2)[nH]c1=O. The zero-order valence-corrected chi connectivity index (χ0v) is 10.7. The lowest BCUT2D eigenvalue weighted by atomic mass is 9.93. The molecule has 1 aliphatic rings. The standard InChI is InChI=1S/C12H20N4O/c1-12(2,3)9-10(17)14-11(16-15-9)13-8-6-4-5-7-8/h8H,4-7H2,1-3H3,(H2,13,14,16,17). The van der Waals surface area contributed by atoms with Crippen molar-refractivity contribution in [2.24, 2.45) is 0 Å². The lowest BCUT2D eigenvalue weighted by Gasteiger charge is -2.16. The van der Waals surface area contributed by atoms with Gasteiger partial charge in [0.2, 0.25) is 5.95 Å². The lowest BCUT2D eigenvalue weighted by molar-refractivity contribution is 0.546. The topological polar surface area (TPSA) is 70.7 Å². The van der Waals surface area contributed by atoms with Gasteiger partial charge in [-0.05, 0) is 12.8 Å². The molecule has 94 valence electrons. The maximum absolute atomic E-state index is 11.9. The van der Waals surface area contributed by atoms with Gasteiger partial charge in [-0.25, -0.2) is 0 Å². The summed E-state index contributed by atoms with van der Waals surface area (Å²) in [5.41, 5.74) is 0.0643. The summed E-state index contributed by atoms with van der Waals surface area (Å²) in [5, 5.41) is 11.3. The predicted octanol–water partition coefficient (Wildman–Crippen LogP) is 1.82. The molecule has 17 heavy (non-hydrogen) atoms. The Morgan fingerprint density at radius 3 is 2.41 bits per heavy atom. The number of nitrogens with zero attached hydrogens (tertiary/aromatic N) is 2. The van der Waals surface area contributed by atoms with Gasteiger partial charge in [0, 0.05) is 11.5 Å². The van der Waals surface area contributed by atoms with Crippen molar-refractivity contribution in [3.8, 4) is 0 Å². The molecule has 1 heterocycles.